The molecule has 1 fully saturated rings. The van der Waals surface area contributed by atoms with Crippen LogP contribution in [0.5, 0.6) is 0 Å². The number of unbranched alkanes of at least 4 members (excludes halogenated alkanes) is 18. The van der Waals surface area contributed by atoms with Crippen LogP contribution in [0, 0.1) is 0 Å². The number of rotatable bonds is 47. The number of aliphatic hydroxyl groups is 3. The zero-order chi connectivity index (χ0) is 51.7. The minimum atomic E-state index is -5.08. The SMILES string of the molecule is CC/C=C\C/C=C\C/C=C\C/C=C\C/C=C\C/C=C\C/C=C\CCCCCCOCC(COC1OC(CO)C(O)C(OS(=O)(=O)O)C1O)OC(=O)CCCCCCCCC/C=C\CCCCCCCCC. The van der Waals surface area contributed by atoms with Gasteiger partial charge in [0.1, 0.15) is 30.5 Å². The van der Waals surface area contributed by atoms with E-state index >= 15 is 0 Å². The van der Waals surface area contributed by atoms with E-state index in [9.17, 15) is 33.1 Å². The molecule has 1 aliphatic heterocycles. The van der Waals surface area contributed by atoms with E-state index in [-0.39, 0.29) is 19.6 Å². The predicted molar refractivity (Wildman–Crippen MR) is 289 cm³/mol. The number of hydrogen-bond acceptors (Lipinski definition) is 11. The van der Waals surface area contributed by atoms with E-state index in [1.165, 1.54) is 70.6 Å². The molecule has 1 saturated heterocycles. The second kappa shape index (κ2) is 48.0. The summed E-state index contributed by atoms with van der Waals surface area (Å²) in [5, 5.41) is 30.8. The van der Waals surface area contributed by atoms with Crippen LogP contribution in [0.25, 0.3) is 0 Å². The van der Waals surface area contributed by atoms with Crippen molar-refractivity contribution in [1.82, 2.24) is 0 Å². The van der Waals surface area contributed by atoms with Crippen molar-refractivity contribution in [2.45, 2.75) is 237 Å². The van der Waals surface area contributed by atoms with E-state index in [4.69, 9.17) is 18.9 Å². The van der Waals surface area contributed by atoms with E-state index < -0.39 is 59.8 Å². The molecule has 0 aromatic heterocycles. The maximum atomic E-state index is 12.9. The highest BCUT2D eigenvalue weighted by Gasteiger charge is 2.48. The van der Waals surface area contributed by atoms with Crippen LogP contribution in [-0.4, -0.2) is 97.5 Å². The molecule has 0 saturated carbocycles. The van der Waals surface area contributed by atoms with E-state index in [0.717, 1.165) is 103 Å². The average molecular weight is 1020 g/mol. The molecule has 0 aromatic rings. The summed E-state index contributed by atoms with van der Waals surface area (Å²) in [7, 11) is -5.08. The van der Waals surface area contributed by atoms with Crippen LogP contribution >= 0.6 is 0 Å². The molecule has 408 valence electrons. The molecule has 1 rings (SSSR count). The zero-order valence-electron chi connectivity index (χ0n) is 44.0. The van der Waals surface area contributed by atoms with Gasteiger partial charge in [0.15, 0.2) is 6.29 Å². The van der Waals surface area contributed by atoms with Crippen molar-refractivity contribution in [2.24, 2.45) is 0 Å². The van der Waals surface area contributed by atoms with E-state index in [0.29, 0.717) is 13.0 Å². The van der Waals surface area contributed by atoms with Crippen molar-refractivity contribution in [3.63, 3.8) is 0 Å². The summed E-state index contributed by atoms with van der Waals surface area (Å²) in [4.78, 5) is 12.9. The van der Waals surface area contributed by atoms with Crippen LogP contribution < -0.4 is 0 Å². The van der Waals surface area contributed by atoms with E-state index in [1.807, 2.05) is 0 Å². The number of allylic oxidation sites excluding steroid dienone is 16. The lowest BCUT2D eigenvalue weighted by Crippen LogP contribution is -2.60. The van der Waals surface area contributed by atoms with Gasteiger partial charge in [0.2, 0.25) is 0 Å². The summed E-state index contributed by atoms with van der Waals surface area (Å²) in [6, 6.07) is 0. The third-order valence-electron chi connectivity index (χ3n) is 11.9. The highest BCUT2D eigenvalue weighted by Crippen LogP contribution is 2.26. The molecular weight excluding hydrogens is 921 g/mol. The number of hydrogen-bond donors (Lipinski definition) is 4. The maximum Gasteiger partial charge on any atom is 0.397 e. The van der Waals surface area contributed by atoms with Crippen molar-refractivity contribution >= 4 is 16.4 Å². The molecular formula is C58H98O12S. The molecule has 0 amide bonds. The summed E-state index contributed by atoms with van der Waals surface area (Å²) >= 11 is 0. The lowest BCUT2D eigenvalue weighted by atomic mass is 9.99. The molecule has 71 heavy (non-hydrogen) atoms. The molecule has 0 bridgehead atoms. The van der Waals surface area contributed by atoms with E-state index in [1.54, 1.807) is 0 Å². The van der Waals surface area contributed by atoms with Crippen molar-refractivity contribution in [3.05, 3.63) is 97.2 Å². The van der Waals surface area contributed by atoms with Crippen LogP contribution in [0.3, 0.4) is 0 Å². The summed E-state index contributed by atoms with van der Waals surface area (Å²) in [6.45, 7) is 3.81. The van der Waals surface area contributed by atoms with Gasteiger partial charge < -0.3 is 34.3 Å². The Morgan fingerprint density at radius 1 is 0.549 bits per heavy atom. The Morgan fingerprint density at radius 2 is 0.972 bits per heavy atom. The largest absolute Gasteiger partial charge is 0.457 e. The fourth-order valence-corrected chi connectivity index (χ4v) is 8.33. The standard InChI is InChI=1S/C58H98O12S/c1-3-5-7-9-11-13-15-17-19-21-23-24-25-26-27-28-29-30-32-34-36-38-40-42-44-46-48-66-50-52(51-67-58-56(62)57(70-71(63,64)65)55(61)53(49-59)69-58)68-54(60)47-45-43-41-39-37-35-33-31-22-20-18-16-14-12-10-8-6-4-2/h5,7,11,13,17,19-20,22-24,26-27,29-30,34,36,52-53,55-59,61-62H,3-4,6,8-10,12,14-16,18,21,25,28,31-33,35,37-51H2,1-2H3,(H,63,64,65)/b7-5-,13-11-,19-17-,22-20-,24-23-,27-26-,30-29-,36-34-. The zero-order valence-corrected chi connectivity index (χ0v) is 44.8. The highest BCUT2D eigenvalue weighted by molar-refractivity contribution is 7.80. The Bertz CT molecular complexity index is 1600. The quantitative estimate of drug-likeness (QED) is 0.0197. The molecule has 1 aliphatic rings. The summed E-state index contributed by atoms with van der Waals surface area (Å²) in [5.41, 5.74) is 0. The number of carbonyl (C=O) groups is 1. The van der Waals surface area contributed by atoms with Crippen LogP contribution in [0.2, 0.25) is 0 Å². The van der Waals surface area contributed by atoms with Crippen molar-refractivity contribution in [2.75, 3.05) is 26.4 Å². The second-order valence-electron chi connectivity index (χ2n) is 18.4. The first kappa shape index (κ1) is 66.0. The molecule has 0 spiro atoms. The van der Waals surface area contributed by atoms with Gasteiger partial charge in [-0.3, -0.25) is 9.35 Å². The monoisotopic (exact) mass is 1020 g/mol. The van der Waals surface area contributed by atoms with E-state index in [2.05, 4.69) is 115 Å². The molecule has 0 aromatic carbocycles. The normalized spacial score (nSPS) is 19.8. The van der Waals surface area contributed by atoms with Crippen molar-refractivity contribution < 1.29 is 56.2 Å². The molecule has 12 nitrogen and oxygen atoms in total. The highest BCUT2D eigenvalue weighted by atomic mass is 32.3. The van der Waals surface area contributed by atoms with Gasteiger partial charge in [-0.2, -0.15) is 8.42 Å². The van der Waals surface area contributed by atoms with Gasteiger partial charge >= 0.3 is 16.4 Å². The van der Waals surface area contributed by atoms with Gasteiger partial charge in [0.05, 0.1) is 19.8 Å². The van der Waals surface area contributed by atoms with Gasteiger partial charge in [-0.25, -0.2) is 4.18 Å². The third kappa shape index (κ3) is 41.1. The van der Waals surface area contributed by atoms with Crippen molar-refractivity contribution in [3.8, 4) is 0 Å². The summed E-state index contributed by atoms with van der Waals surface area (Å²) in [6.07, 6.45) is 57.2. The predicted octanol–water partition coefficient (Wildman–Crippen LogP) is 13.4. The van der Waals surface area contributed by atoms with Gasteiger partial charge in [0.25, 0.3) is 0 Å². The molecule has 0 aliphatic carbocycles. The lowest BCUT2D eigenvalue weighted by Gasteiger charge is -2.41. The lowest BCUT2D eigenvalue weighted by molar-refractivity contribution is -0.301. The third-order valence-corrected chi connectivity index (χ3v) is 12.4. The Labute approximate surface area is 431 Å². The maximum absolute atomic E-state index is 12.9. The fourth-order valence-electron chi connectivity index (χ4n) is 7.82. The molecule has 13 heteroatoms. The average Bonchev–Trinajstić information content (AvgIpc) is 3.35. The van der Waals surface area contributed by atoms with Gasteiger partial charge in [0, 0.05) is 13.0 Å². The molecule has 4 N–H and O–H groups in total. The minimum absolute atomic E-state index is 0.0111. The first-order valence-electron chi connectivity index (χ1n) is 27.5. The fraction of sp³-hybridized carbons (Fsp3) is 0.707. The Hall–Kier alpha value is -2.98. The van der Waals surface area contributed by atoms with Gasteiger partial charge in [-0.05, 0) is 96.3 Å². The van der Waals surface area contributed by atoms with Crippen LogP contribution in [0.4, 0.5) is 0 Å². The van der Waals surface area contributed by atoms with Crippen LogP contribution in [0.1, 0.15) is 200 Å². The number of carbonyl (C=O) groups excluding carboxylic acids is 1. The van der Waals surface area contributed by atoms with Crippen LogP contribution in [-0.2, 0) is 38.3 Å². The van der Waals surface area contributed by atoms with Crippen molar-refractivity contribution in [1.29, 1.82) is 0 Å². The summed E-state index contributed by atoms with van der Waals surface area (Å²) < 4.78 is 59.3. The minimum Gasteiger partial charge on any atom is -0.457 e. The van der Waals surface area contributed by atoms with Gasteiger partial charge in [-0.15, -0.1) is 0 Å². The topological polar surface area (TPSA) is 178 Å². The summed E-state index contributed by atoms with van der Waals surface area (Å²) in [5.74, 6) is -0.416. The Kier molecular flexibility index (Phi) is 44.6. The number of esters is 1. The Morgan fingerprint density at radius 3 is 1.44 bits per heavy atom. The molecule has 0 radical (unpaired) electrons. The smallest absolute Gasteiger partial charge is 0.397 e. The number of ether oxygens (including phenoxy) is 4. The first-order chi connectivity index (χ1) is 34.6. The molecule has 1 heterocycles. The Balaban J connectivity index is 2.37. The van der Waals surface area contributed by atoms with Gasteiger partial charge in [-0.1, -0.05) is 195 Å². The second-order valence-corrected chi connectivity index (χ2v) is 19.5. The molecule has 6 unspecified atom stereocenters. The first-order valence-corrected chi connectivity index (χ1v) is 28.9. The molecule has 6 atom stereocenters. The number of aliphatic hydroxyl groups excluding tert-OH is 3. The van der Waals surface area contributed by atoms with Crippen LogP contribution in [0.15, 0.2) is 97.2 Å².